The molecule has 5 heteroatoms. The van der Waals surface area contributed by atoms with Crippen molar-refractivity contribution in [3.8, 4) is 0 Å². The van der Waals surface area contributed by atoms with Gasteiger partial charge in [-0.05, 0) is 38.3 Å². The molecule has 0 bridgehead atoms. The lowest BCUT2D eigenvalue weighted by atomic mass is 10.1. The molecule has 0 saturated carbocycles. The van der Waals surface area contributed by atoms with Crippen LogP contribution in [0.5, 0.6) is 0 Å². The van der Waals surface area contributed by atoms with Gasteiger partial charge in [-0.2, -0.15) is 0 Å². The molecule has 2 amide bonds. The molecule has 110 valence electrons. The van der Waals surface area contributed by atoms with Crippen LogP contribution >= 0.6 is 0 Å². The van der Waals surface area contributed by atoms with Crippen LogP contribution < -0.4 is 15.5 Å². The summed E-state index contributed by atoms with van der Waals surface area (Å²) in [5.41, 5.74) is 0. The summed E-state index contributed by atoms with van der Waals surface area (Å²) < 4.78 is 0. The van der Waals surface area contributed by atoms with Crippen LogP contribution in [0.15, 0.2) is 24.4 Å². The summed E-state index contributed by atoms with van der Waals surface area (Å²) in [5.74, 6) is 1.02. The second-order valence-electron chi connectivity index (χ2n) is 5.38. The molecule has 2 rings (SSSR count). The normalized spacial score (nSPS) is 17.6. The van der Waals surface area contributed by atoms with E-state index >= 15 is 0 Å². The standard InChI is InChI=1S/C15H24N4O/c1-3-12(2)17-15(20)18-13-7-10-19(11-8-13)14-6-4-5-9-16-14/h4-6,9,12-13H,3,7-8,10-11H2,1-2H3,(H2,17,18,20)/t12-/m0/s1. The number of urea groups is 1. The fourth-order valence-electron chi connectivity index (χ4n) is 2.35. The van der Waals surface area contributed by atoms with E-state index in [2.05, 4.69) is 27.4 Å². The first-order valence-electron chi connectivity index (χ1n) is 7.42. The van der Waals surface area contributed by atoms with E-state index in [1.165, 1.54) is 0 Å². The number of pyridine rings is 1. The van der Waals surface area contributed by atoms with Gasteiger partial charge >= 0.3 is 6.03 Å². The maximum Gasteiger partial charge on any atom is 0.315 e. The molecule has 0 unspecified atom stereocenters. The van der Waals surface area contributed by atoms with Gasteiger partial charge < -0.3 is 15.5 Å². The minimum atomic E-state index is -0.0457. The minimum absolute atomic E-state index is 0.0457. The number of hydrogen-bond acceptors (Lipinski definition) is 3. The van der Waals surface area contributed by atoms with Crippen molar-refractivity contribution in [2.75, 3.05) is 18.0 Å². The van der Waals surface area contributed by atoms with Gasteiger partial charge in [0.1, 0.15) is 5.82 Å². The monoisotopic (exact) mass is 276 g/mol. The van der Waals surface area contributed by atoms with E-state index in [1.54, 1.807) is 0 Å². The quantitative estimate of drug-likeness (QED) is 0.886. The largest absolute Gasteiger partial charge is 0.356 e. The third-order valence-electron chi connectivity index (χ3n) is 3.79. The van der Waals surface area contributed by atoms with Crippen LogP contribution in [0, 0.1) is 0 Å². The number of aromatic nitrogens is 1. The Labute approximate surface area is 120 Å². The lowest BCUT2D eigenvalue weighted by Crippen LogP contribution is -2.49. The fourth-order valence-corrected chi connectivity index (χ4v) is 2.35. The van der Waals surface area contributed by atoms with E-state index < -0.39 is 0 Å². The van der Waals surface area contributed by atoms with Crippen LogP contribution in [0.25, 0.3) is 0 Å². The second kappa shape index (κ2) is 7.12. The molecule has 0 radical (unpaired) electrons. The molecular weight excluding hydrogens is 252 g/mol. The Hall–Kier alpha value is -1.78. The fraction of sp³-hybridized carbons (Fsp3) is 0.600. The SMILES string of the molecule is CC[C@H](C)NC(=O)NC1CCN(c2ccccn2)CC1. The molecule has 0 aromatic carbocycles. The number of hydrogen-bond donors (Lipinski definition) is 2. The number of nitrogens with one attached hydrogen (secondary N) is 2. The predicted octanol–water partition coefficient (Wildman–Crippen LogP) is 2.15. The Balaban J connectivity index is 1.76. The van der Waals surface area contributed by atoms with E-state index in [0.717, 1.165) is 38.2 Å². The molecule has 20 heavy (non-hydrogen) atoms. The summed E-state index contributed by atoms with van der Waals surface area (Å²) in [7, 11) is 0. The van der Waals surface area contributed by atoms with E-state index in [-0.39, 0.29) is 18.1 Å². The summed E-state index contributed by atoms with van der Waals surface area (Å²) in [6.45, 7) is 5.95. The average molecular weight is 276 g/mol. The Kier molecular flexibility index (Phi) is 5.21. The lowest BCUT2D eigenvalue weighted by molar-refractivity contribution is 0.231. The van der Waals surface area contributed by atoms with Crippen molar-refractivity contribution in [3.63, 3.8) is 0 Å². The number of piperidine rings is 1. The van der Waals surface area contributed by atoms with Crippen LogP contribution in [0.3, 0.4) is 0 Å². The maximum absolute atomic E-state index is 11.8. The highest BCUT2D eigenvalue weighted by atomic mass is 16.2. The topological polar surface area (TPSA) is 57.3 Å². The molecule has 1 aliphatic rings. The first-order chi connectivity index (χ1) is 9.69. The Morgan fingerprint density at radius 3 is 2.80 bits per heavy atom. The first kappa shape index (κ1) is 14.6. The Bertz CT molecular complexity index is 415. The van der Waals surface area contributed by atoms with Gasteiger partial charge in [-0.3, -0.25) is 0 Å². The van der Waals surface area contributed by atoms with Crippen molar-refractivity contribution in [1.29, 1.82) is 0 Å². The first-order valence-corrected chi connectivity index (χ1v) is 7.42. The number of amides is 2. The zero-order valence-corrected chi connectivity index (χ0v) is 12.3. The van der Waals surface area contributed by atoms with Gasteiger partial charge in [-0.15, -0.1) is 0 Å². The van der Waals surface area contributed by atoms with Gasteiger partial charge in [0, 0.05) is 31.4 Å². The summed E-state index contributed by atoms with van der Waals surface area (Å²) >= 11 is 0. The molecule has 2 N–H and O–H groups in total. The molecule has 0 aliphatic carbocycles. The highest BCUT2D eigenvalue weighted by Gasteiger charge is 2.21. The number of anilines is 1. The Morgan fingerprint density at radius 2 is 2.20 bits per heavy atom. The van der Waals surface area contributed by atoms with Crippen molar-refractivity contribution in [2.24, 2.45) is 0 Å². The molecule has 5 nitrogen and oxygen atoms in total. The predicted molar refractivity (Wildman–Crippen MR) is 80.9 cm³/mol. The molecule has 1 saturated heterocycles. The molecule has 1 aromatic rings. The zero-order valence-electron chi connectivity index (χ0n) is 12.3. The van der Waals surface area contributed by atoms with E-state index in [1.807, 2.05) is 31.3 Å². The van der Waals surface area contributed by atoms with E-state index in [0.29, 0.717) is 0 Å². The van der Waals surface area contributed by atoms with Gasteiger partial charge in [-0.1, -0.05) is 13.0 Å². The smallest absolute Gasteiger partial charge is 0.315 e. The van der Waals surface area contributed by atoms with Crippen molar-refractivity contribution in [1.82, 2.24) is 15.6 Å². The zero-order chi connectivity index (χ0) is 14.4. The van der Waals surface area contributed by atoms with Crippen LogP contribution in [-0.2, 0) is 0 Å². The molecule has 2 heterocycles. The summed E-state index contributed by atoms with van der Waals surface area (Å²) in [6, 6.07) is 6.41. The highest BCUT2D eigenvalue weighted by molar-refractivity contribution is 5.74. The van der Waals surface area contributed by atoms with Gasteiger partial charge in [0.05, 0.1) is 0 Å². The van der Waals surface area contributed by atoms with Crippen LogP contribution in [-0.4, -0.2) is 36.2 Å². The molecule has 1 aromatic heterocycles. The number of carbonyl (C=O) groups excluding carboxylic acids is 1. The van der Waals surface area contributed by atoms with Crippen molar-refractivity contribution in [3.05, 3.63) is 24.4 Å². The maximum atomic E-state index is 11.8. The number of rotatable bonds is 4. The van der Waals surface area contributed by atoms with Crippen LogP contribution in [0.4, 0.5) is 10.6 Å². The molecule has 1 atom stereocenters. The molecule has 1 aliphatic heterocycles. The highest BCUT2D eigenvalue weighted by Crippen LogP contribution is 2.17. The van der Waals surface area contributed by atoms with Crippen molar-refractivity contribution >= 4 is 11.8 Å². The number of carbonyl (C=O) groups is 1. The third kappa shape index (κ3) is 4.11. The van der Waals surface area contributed by atoms with Crippen molar-refractivity contribution in [2.45, 2.75) is 45.2 Å². The molecule has 0 spiro atoms. The third-order valence-corrected chi connectivity index (χ3v) is 3.79. The molecular formula is C15H24N4O. The van der Waals surface area contributed by atoms with Crippen LogP contribution in [0.1, 0.15) is 33.1 Å². The van der Waals surface area contributed by atoms with Crippen LogP contribution in [0.2, 0.25) is 0 Å². The van der Waals surface area contributed by atoms with Gasteiger partial charge in [0.2, 0.25) is 0 Å². The summed E-state index contributed by atoms with van der Waals surface area (Å²) in [6.07, 6.45) is 4.69. The minimum Gasteiger partial charge on any atom is -0.356 e. The van der Waals surface area contributed by atoms with Gasteiger partial charge in [-0.25, -0.2) is 9.78 Å². The average Bonchev–Trinajstić information content (AvgIpc) is 2.48. The number of nitrogens with zero attached hydrogens (tertiary/aromatic N) is 2. The van der Waals surface area contributed by atoms with Crippen molar-refractivity contribution < 1.29 is 4.79 Å². The van der Waals surface area contributed by atoms with Gasteiger partial charge in [0.15, 0.2) is 0 Å². The van der Waals surface area contributed by atoms with E-state index in [4.69, 9.17) is 0 Å². The summed E-state index contributed by atoms with van der Waals surface area (Å²) in [5, 5.41) is 6.00. The second-order valence-corrected chi connectivity index (χ2v) is 5.38. The molecule has 1 fully saturated rings. The summed E-state index contributed by atoms with van der Waals surface area (Å²) in [4.78, 5) is 18.4. The Morgan fingerprint density at radius 1 is 1.45 bits per heavy atom. The van der Waals surface area contributed by atoms with Gasteiger partial charge in [0.25, 0.3) is 0 Å². The lowest BCUT2D eigenvalue weighted by Gasteiger charge is -2.33. The van der Waals surface area contributed by atoms with E-state index in [9.17, 15) is 4.79 Å².